The minimum atomic E-state index is -0.276. The number of pyridine rings is 1. The normalized spacial score (nSPS) is 15.9. The maximum atomic E-state index is 12.3. The molecule has 0 aromatic carbocycles. The number of hydrogen-bond donors (Lipinski definition) is 0. The molecule has 0 unspecified atom stereocenters. The molecule has 1 fully saturated rings. The molecule has 0 radical (unpaired) electrons. The maximum absolute atomic E-state index is 12.3. The van der Waals surface area contributed by atoms with Crippen molar-refractivity contribution >= 4 is 5.97 Å². The SMILES string of the molecule is Cc1c(C(=O)OC2CCCCC2)cnn1-c1ccccn1. The van der Waals surface area contributed by atoms with Crippen LogP contribution in [0.2, 0.25) is 0 Å². The average molecular weight is 285 g/mol. The monoisotopic (exact) mass is 285 g/mol. The molecule has 1 aliphatic carbocycles. The first-order valence-corrected chi connectivity index (χ1v) is 7.43. The van der Waals surface area contributed by atoms with Gasteiger partial charge in [-0.1, -0.05) is 12.5 Å². The van der Waals surface area contributed by atoms with Crippen molar-refractivity contribution in [1.82, 2.24) is 14.8 Å². The molecule has 0 amide bonds. The van der Waals surface area contributed by atoms with Crippen LogP contribution in [0, 0.1) is 6.92 Å². The van der Waals surface area contributed by atoms with Crippen LogP contribution in [0.5, 0.6) is 0 Å². The first kappa shape index (κ1) is 13.8. The van der Waals surface area contributed by atoms with Gasteiger partial charge in [-0.25, -0.2) is 14.5 Å². The Morgan fingerprint density at radius 1 is 1.29 bits per heavy atom. The zero-order chi connectivity index (χ0) is 14.7. The van der Waals surface area contributed by atoms with Crippen LogP contribution < -0.4 is 0 Å². The fourth-order valence-corrected chi connectivity index (χ4v) is 2.72. The number of ether oxygens (including phenoxy) is 1. The van der Waals surface area contributed by atoms with E-state index in [2.05, 4.69) is 10.1 Å². The van der Waals surface area contributed by atoms with Crippen LogP contribution in [0.4, 0.5) is 0 Å². The Kier molecular flexibility index (Phi) is 3.99. The van der Waals surface area contributed by atoms with E-state index in [1.807, 2.05) is 25.1 Å². The van der Waals surface area contributed by atoms with Crippen molar-refractivity contribution in [2.75, 3.05) is 0 Å². The number of esters is 1. The molecule has 2 aromatic heterocycles. The van der Waals surface area contributed by atoms with E-state index in [1.54, 1.807) is 17.1 Å². The summed E-state index contributed by atoms with van der Waals surface area (Å²) in [5.41, 5.74) is 1.28. The molecule has 0 N–H and O–H groups in total. The van der Waals surface area contributed by atoms with E-state index in [0.29, 0.717) is 11.4 Å². The maximum Gasteiger partial charge on any atom is 0.341 e. The van der Waals surface area contributed by atoms with Crippen molar-refractivity contribution in [3.63, 3.8) is 0 Å². The summed E-state index contributed by atoms with van der Waals surface area (Å²) in [7, 11) is 0. The molecule has 5 heteroatoms. The Labute approximate surface area is 124 Å². The summed E-state index contributed by atoms with van der Waals surface area (Å²) in [5, 5.41) is 4.25. The smallest absolute Gasteiger partial charge is 0.341 e. The molecule has 1 saturated carbocycles. The van der Waals surface area contributed by atoms with E-state index in [-0.39, 0.29) is 12.1 Å². The van der Waals surface area contributed by atoms with E-state index >= 15 is 0 Å². The van der Waals surface area contributed by atoms with Crippen molar-refractivity contribution in [2.45, 2.75) is 45.1 Å². The van der Waals surface area contributed by atoms with Crippen molar-refractivity contribution < 1.29 is 9.53 Å². The molecule has 0 aliphatic heterocycles. The second kappa shape index (κ2) is 6.08. The summed E-state index contributed by atoms with van der Waals surface area (Å²) in [6, 6.07) is 5.60. The fraction of sp³-hybridized carbons (Fsp3) is 0.438. The van der Waals surface area contributed by atoms with Gasteiger partial charge in [0, 0.05) is 6.20 Å². The van der Waals surface area contributed by atoms with Crippen molar-refractivity contribution in [1.29, 1.82) is 0 Å². The largest absolute Gasteiger partial charge is 0.459 e. The first-order chi connectivity index (χ1) is 10.3. The van der Waals surface area contributed by atoms with Crippen LogP contribution >= 0.6 is 0 Å². The molecule has 2 aromatic rings. The lowest BCUT2D eigenvalue weighted by Crippen LogP contribution is -2.21. The average Bonchev–Trinajstić information content (AvgIpc) is 2.91. The van der Waals surface area contributed by atoms with Gasteiger partial charge in [-0.2, -0.15) is 5.10 Å². The van der Waals surface area contributed by atoms with Crippen LogP contribution in [0.1, 0.15) is 48.2 Å². The molecule has 0 spiro atoms. The van der Waals surface area contributed by atoms with Crippen molar-refractivity contribution in [3.05, 3.63) is 41.9 Å². The van der Waals surface area contributed by atoms with Crippen LogP contribution in [-0.2, 0) is 4.74 Å². The van der Waals surface area contributed by atoms with Crippen LogP contribution in [-0.4, -0.2) is 26.8 Å². The molecule has 110 valence electrons. The summed E-state index contributed by atoms with van der Waals surface area (Å²) in [4.78, 5) is 16.5. The van der Waals surface area contributed by atoms with Gasteiger partial charge in [0.05, 0.1) is 11.9 Å². The molecule has 5 nitrogen and oxygen atoms in total. The number of nitrogens with zero attached hydrogens (tertiary/aromatic N) is 3. The number of hydrogen-bond acceptors (Lipinski definition) is 4. The van der Waals surface area contributed by atoms with Gasteiger partial charge in [0.1, 0.15) is 11.7 Å². The Bertz CT molecular complexity index is 616. The zero-order valence-corrected chi connectivity index (χ0v) is 12.2. The highest BCUT2D eigenvalue weighted by Crippen LogP contribution is 2.22. The van der Waals surface area contributed by atoms with E-state index < -0.39 is 0 Å². The lowest BCUT2D eigenvalue weighted by molar-refractivity contribution is 0.0210. The van der Waals surface area contributed by atoms with Gasteiger partial charge < -0.3 is 4.74 Å². The molecule has 0 atom stereocenters. The van der Waals surface area contributed by atoms with Gasteiger partial charge in [-0.15, -0.1) is 0 Å². The number of carbonyl (C=O) groups excluding carboxylic acids is 1. The molecule has 1 aliphatic rings. The lowest BCUT2D eigenvalue weighted by atomic mass is 9.98. The topological polar surface area (TPSA) is 57.0 Å². The Morgan fingerprint density at radius 3 is 2.81 bits per heavy atom. The van der Waals surface area contributed by atoms with Gasteiger partial charge in [0.2, 0.25) is 0 Å². The minimum absolute atomic E-state index is 0.0591. The highest BCUT2D eigenvalue weighted by atomic mass is 16.5. The Balaban J connectivity index is 1.77. The number of carbonyl (C=O) groups is 1. The molecular weight excluding hydrogens is 266 g/mol. The standard InChI is InChI=1S/C16H19N3O2/c1-12-14(16(20)21-13-7-3-2-4-8-13)11-18-19(12)15-9-5-6-10-17-15/h5-6,9-11,13H,2-4,7-8H2,1H3. The predicted octanol–water partition coefficient (Wildman–Crippen LogP) is 3.07. The Morgan fingerprint density at radius 2 is 2.10 bits per heavy atom. The second-order valence-corrected chi connectivity index (χ2v) is 5.41. The summed E-state index contributed by atoms with van der Waals surface area (Å²) in [5.74, 6) is 0.424. The fourth-order valence-electron chi connectivity index (χ4n) is 2.72. The first-order valence-electron chi connectivity index (χ1n) is 7.43. The molecule has 3 rings (SSSR count). The molecule has 0 bridgehead atoms. The van der Waals surface area contributed by atoms with E-state index in [0.717, 1.165) is 31.4 Å². The van der Waals surface area contributed by atoms with Gasteiger partial charge in [-0.05, 0) is 44.7 Å². The van der Waals surface area contributed by atoms with E-state index in [1.165, 1.54) is 6.42 Å². The summed E-state index contributed by atoms with van der Waals surface area (Å²) in [6.45, 7) is 1.86. The zero-order valence-electron chi connectivity index (χ0n) is 12.2. The Hall–Kier alpha value is -2.17. The molecule has 2 heterocycles. The molecule has 21 heavy (non-hydrogen) atoms. The van der Waals surface area contributed by atoms with E-state index in [4.69, 9.17) is 4.74 Å². The number of rotatable bonds is 3. The summed E-state index contributed by atoms with van der Waals surface area (Å²) < 4.78 is 7.26. The van der Waals surface area contributed by atoms with Gasteiger partial charge >= 0.3 is 5.97 Å². The van der Waals surface area contributed by atoms with Crippen LogP contribution in [0.25, 0.3) is 5.82 Å². The highest BCUT2D eigenvalue weighted by Gasteiger charge is 2.22. The predicted molar refractivity (Wildman–Crippen MR) is 78.4 cm³/mol. The van der Waals surface area contributed by atoms with Gasteiger partial charge in [-0.3, -0.25) is 0 Å². The third-order valence-corrected chi connectivity index (χ3v) is 3.92. The van der Waals surface area contributed by atoms with Crippen molar-refractivity contribution in [2.24, 2.45) is 0 Å². The summed E-state index contributed by atoms with van der Waals surface area (Å²) >= 11 is 0. The van der Waals surface area contributed by atoms with Gasteiger partial charge in [0.25, 0.3) is 0 Å². The lowest BCUT2D eigenvalue weighted by Gasteiger charge is -2.21. The molecular formula is C16H19N3O2. The minimum Gasteiger partial charge on any atom is -0.459 e. The van der Waals surface area contributed by atoms with Gasteiger partial charge in [0.15, 0.2) is 5.82 Å². The summed E-state index contributed by atoms with van der Waals surface area (Å²) in [6.07, 6.45) is 8.80. The third-order valence-electron chi connectivity index (χ3n) is 3.92. The van der Waals surface area contributed by atoms with Crippen LogP contribution in [0.3, 0.4) is 0 Å². The number of aromatic nitrogens is 3. The van der Waals surface area contributed by atoms with Crippen molar-refractivity contribution in [3.8, 4) is 5.82 Å². The quantitative estimate of drug-likeness (QED) is 0.813. The molecule has 0 saturated heterocycles. The van der Waals surface area contributed by atoms with Crippen LogP contribution in [0.15, 0.2) is 30.6 Å². The third kappa shape index (κ3) is 2.96. The second-order valence-electron chi connectivity index (χ2n) is 5.41. The highest BCUT2D eigenvalue weighted by molar-refractivity contribution is 5.90. The van der Waals surface area contributed by atoms with E-state index in [9.17, 15) is 4.79 Å².